The van der Waals surface area contributed by atoms with Gasteiger partial charge in [-0.15, -0.1) is 0 Å². The molecule has 3 N–H and O–H groups in total. The van der Waals surface area contributed by atoms with E-state index in [0.29, 0.717) is 21.8 Å². The van der Waals surface area contributed by atoms with E-state index < -0.39 is 5.82 Å². The Kier molecular flexibility index (Phi) is 6.16. The monoisotopic (exact) mass is 366 g/mol. The Hall–Kier alpha value is -2.13. The quantitative estimate of drug-likeness (QED) is 0.797. The number of hydrogen-bond donors (Lipinski definition) is 2. The van der Waals surface area contributed by atoms with Crippen LogP contribution in [0.2, 0.25) is 10.0 Å². The van der Waals surface area contributed by atoms with Crippen LogP contribution in [0.1, 0.15) is 24.1 Å². The molecule has 0 fully saturated rings. The molecule has 0 heterocycles. The summed E-state index contributed by atoms with van der Waals surface area (Å²) in [5, 5.41) is 13.6. The fraction of sp³-hybridized carbons (Fsp3) is 0.176. The maximum atomic E-state index is 13.6. The van der Waals surface area contributed by atoms with Crippen LogP contribution in [0.25, 0.3) is 0 Å². The summed E-state index contributed by atoms with van der Waals surface area (Å²) >= 11 is 11.7. The van der Waals surface area contributed by atoms with Crippen LogP contribution in [0.15, 0.2) is 36.4 Å². The number of carbonyl (C=O) groups excluding carboxylic acids is 1. The first-order valence-corrected chi connectivity index (χ1v) is 7.94. The Morgan fingerprint density at radius 1 is 1.33 bits per heavy atom. The van der Waals surface area contributed by atoms with Gasteiger partial charge in [0.1, 0.15) is 11.9 Å². The van der Waals surface area contributed by atoms with Crippen LogP contribution in [-0.4, -0.2) is 12.5 Å². The van der Waals surface area contributed by atoms with Crippen molar-refractivity contribution >= 4 is 34.8 Å². The molecular formula is C17H15Cl2FN3O+. The van der Waals surface area contributed by atoms with Crippen LogP contribution in [0.5, 0.6) is 0 Å². The number of benzene rings is 2. The number of nitrogens with two attached hydrogens (primary N) is 1. The van der Waals surface area contributed by atoms with Gasteiger partial charge in [-0.3, -0.25) is 4.79 Å². The third-order valence-electron chi connectivity index (χ3n) is 3.46. The molecule has 0 unspecified atom stereocenters. The third-order valence-corrected chi connectivity index (χ3v) is 4.08. The van der Waals surface area contributed by atoms with Gasteiger partial charge in [0.15, 0.2) is 6.54 Å². The maximum Gasteiger partial charge on any atom is 0.279 e. The lowest BCUT2D eigenvalue weighted by Crippen LogP contribution is -2.86. The molecule has 0 spiro atoms. The van der Waals surface area contributed by atoms with E-state index in [-0.39, 0.29) is 23.5 Å². The lowest BCUT2D eigenvalue weighted by Gasteiger charge is -2.13. The molecule has 7 heteroatoms. The van der Waals surface area contributed by atoms with Crippen molar-refractivity contribution in [3.05, 3.63) is 63.4 Å². The molecular weight excluding hydrogens is 352 g/mol. The Labute approximate surface area is 149 Å². The van der Waals surface area contributed by atoms with Gasteiger partial charge in [-0.05, 0) is 37.3 Å². The van der Waals surface area contributed by atoms with Gasteiger partial charge in [0.2, 0.25) is 0 Å². The van der Waals surface area contributed by atoms with Crippen molar-refractivity contribution in [3.8, 4) is 6.07 Å². The van der Waals surface area contributed by atoms with Crippen molar-refractivity contribution in [2.75, 3.05) is 11.9 Å². The van der Waals surface area contributed by atoms with Crippen LogP contribution < -0.4 is 10.6 Å². The highest BCUT2D eigenvalue weighted by Gasteiger charge is 2.17. The number of rotatable bonds is 5. The highest BCUT2D eigenvalue weighted by Crippen LogP contribution is 2.27. The molecule has 0 aliphatic rings. The highest BCUT2D eigenvalue weighted by molar-refractivity contribution is 6.35. The molecule has 124 valence electrons. The molecule has 1 amide bonds. The topological polar surface area (TPSA) is 69.5 Å². The van der Waals surface area contributed by atoms with Crippen LogP contribution in [-0.2, 0) is 4.79 Å². The Bertz CT molecular complexity index is 805. The second-order valence-corrected chi connectivity index (χ2v) is 6.07. The SMILES string of the molecule is C[C@H]([NH2+]CC(=O)Nc1cccc(C#N)c1)c1cc(F)c(Cl)cc1Cl. The number of nitrogens with zero attached hydrogens (tertiary/aromatic N) is 1. The number of anilines is 1. The van der Waals surface area contributed by atoms with Crippen molar-refractivity contribution in [2.24, 2.45) is 0 Å². The molecule has 2 aromatic carbocycles. The van der Waals surface area contributed by atoms with E-state index in [2.05, 4.69) is 5.32 Å². The molecule has 24 heavy (non-hydrogen) atoms. The van der Waals surface area contributed by atoms with Crippen LogP contribution >= 0.6 is 23.2 Å². The van der Waals surface area contributed by atoms with Gasteiger partial charge in [0.25, 0.3) is 5.91 Å². The molecule has 4 nitrogen and oxygen atoms in total. The first-order valence-electron chi connectivity index (χ1n) is 7.18. The predicted octanol–water partition coefficient (Wildman–Crippen LogP) is 3.27. The van der Waals surface area contributed by atoms with Crippen LogP contribution in [0, 0.1) is 17.1 Å². The molecule has 2 rings (SSSR count). The number of carbonyl (C=O) groups is 1. The number of hydrogen-bond acceptors (Lipinski definition) is 2. The predicted molar refractivity (Wildman–Crippen MR) is 91.4 cm³/mol. The normalized spacial score (nSPS) is 11.6. The summed E-state index contributed by atoms with van der Waals surface area (Å²) in [6.07, 6.45) is 0. The van der Waals surface area contributed by atoms with Crippen LogP contribution in [0.3, 0.4) is 0 Å². The molecule has 2 aromatic rings. The van der Waals surface area contributed by atoms with Crippen molar-refractivity contribution in [1.29, 1.82) is 5.26 Å². The third kappa shape index (κ3) is 4.68. The van der Waals surface area contributed by atoms with Gasteiger partial charge >= 0.3 is 0 Å². The van der Waals surface area contributed by atoms with Gasteiger partial charge in [-0.1, -0.05) is 29.3 Å². The largest absolute Gasteiger partial charge is 0.332 e. The standard InChI is InChI=1S/C17H14Cl2FN3O/c1-10(13-6-16(20)15(19)7-14(13)18)22-9-17(24)23-12-4-2-3-11(5-12)8-21/h2-7,10,22H,9H2,1H3,(H,23,24)/p+1/t10-/m0/s1. The highest BCUT2D eigenvalue weighted by atomic mass is 35.5. The van der Waals surface area contributed by atoms with Gasteiger partial charge in [-0.25, -0.2) is 4.39 Å². The fourth-order valence-electron chi connectivity index (χ4n) is 2.18. The van der Waals surface area contributed by atoms with Gasteiger partial charge in [0, 0.05) is 11.3 Å². The van der Waals surface area contributed by atoms with E-state index in [1.807, 2.05) is 13.0 Å². The molecule has 0 aliphatic heterocycles. The Balaban J connectivity index is 1.96. The average Bonchev–Trinajstić information content (AvgIpc) is 2.56. The van der Waals surface area contributed by atoms with Crippen molar-refractivity contribution in [2.45, 2.75) is 13.0 Å². The first-order chi connectivity index (χ1) is 11.4. The fourth-order valence-corrected chi connectivity index (χ4v) is 2.73. The van der Waals surface area contributed by atoms with E-state index in [1.54, 1.807) is 29.6 Å². The zero-order valence-electron chi connectivity index (χ0n) is 12.8. The smallest absolute Gasteiger partial charge is 0.279 e. The van der Waals surface area contributed by atoms with E-state index in [0.717, 1.165) is 0 Å². The Morgan fingerprint density at radius 2 is 2.08 bits per heavy atom. The lowest BCUT2D eigenvalue weighted by atomic mass is 10.1. The summed E-state index contributed by atoms with van der Waals surface area (Å²) in [6.45, 7) is 1.94. The first kappa shape index (κ1) is 18.2. The Morgan fingerprint density at radius 3 is 2.79 bits per heavy atom. The summed E-state index contributed by atoms with van der Waals surface area (Å²) in [4.78, 5) is 12.0. The zero-order chi connectivity index (χ0) is 17.7. The van der Waals surface area contributed by atoms with Gasteiger partial charge in [0.05, 0.1) is 21.7 Å². The molecule has 0 bridgehead atoms. The van der Waals surface area contributed by atoms with Crippen molar-refractivity contribution in [3.63, 3.8) is 0 Å². The van der Waals surface area contributed by atoms with Gasteiger partial charge < -0.3 is 10.6 Å². The van der Waals surface area contributed by atoms with E-state index in [1.165, 1.54) is 12.1 Å². The number of amides is 1. The number of quaternary nitrogens is 1. The van der Waals surface area contributed by atoms with Crippen molar-refractivity contribution < 1.29 is 14.5 Å². The summed E-state index contributed by atoms with van der Waals surface area (Å²) < 4.78 is 13.6. The maximum absolute atomic E-state index is 13.6. The molecule has 0 saturated carbocycles. The number of nitriles is 1. The average molecular weight is 367 g/mol. The summed E-state index contributed by atoms with van der Waals surface area (Å²) in [6, 6.07) is 11.1. The minimum absolute atomic E-state index is 0.0360. The summed E-state index contributed by atoms with van der Waals surface area (Å²) in [5.41, 5.74) is 1.59. The second-order valence-electron chi connectivity index (χ2n) is 5.26. The summed E-state index contributed by atoms with van der Waals surface area (Å²) in [7, 11) is 0. The minimum atomic E-state index is -0.547. The zero-order valence-corrected chi connectivity index (χ0v) is 14.3. The molecule has 0 aliphatic carbocycles. The van der Waals surface area contributed by atoms with Gasteiger partial charge in [-0.2, -0.15) is 5.26 Å². The lowest BCUT2D eigenvalue weighted by molar-refractivity contribution is -0.682. The molecule has 1 atom stereocenters. The number of halogens is 3. The molecule has 0 saturated heterocycles. The summed E-state index contributed by atoms with van der Waals surface area (Å²) in [5.74, 6) is -0.781. The van der Waals surface area contributed by atoms with Crippen molar-refractivity contribution in [1.82, 2.24) is 0 Å². The van der Waals surface area contributed by atoms with Crippen LogP contribution in [0.4, 0.5) is 10.1 Å². The molecule has 0 radical (unpaired) electrons. The van der Waals surface area contributed by atoms with E-state index >= 15 is 0 Å². The number of nitrogens with one attached hydrogen (secondary N) is 1. The minimum Gasteiger partial charge on any atom is -0.332 e. The molecule has 0 aromatic heterocycles. The van der Waals surface area contributed by atoms with E-state index in [9.17, 15) is 9.18 Å². The van der Waals surface area contributed by atoms with E-state index in [4.69, 9.17) is 28.5 Å². The second kappa shape index (κ2) is 8.11.